The van der Waals surface area contributed by atoms with Gasteiger partial charge in [0.25, 0.3) is 5.56 Å². The van der Waals surface area contributed by atoms with E-state index in [0.717, 1.165) is 11.3 Å². The summed E-state index contributed by atoms with van der Waals surface area (Å²) in [6, 6.07) is 12.9. The molecule has 0 fully saturated rings. The lowest BCUT2D eigenvalue weighted by Gasteiger charge is -2.25. The molecular weight excluding hydrogens is 488 g/mol. The van der Waals surface area contributed by atoms with Gasteiger partial charge in [0.15, 0.2) is 4.80 Å². The highest BCUT2D eigenvalue weighted by atomic mass is 32.1. The van der Waals surface area contributed by atoms with Crippen LogP contribution in [0.3, 0.4) is 0 Å². The number of carbonyl (C=O) groups excluding carboxylic acids is 1. The van der Waals surface area contributed by atoms with Crippen molar-refractivity contribution < 1.29 is 23.0 Å². The molecule has 0 bridgehead atoms. The van der Waals surface area contributed by atoms with Gasteiger partial charge in [-0.25, -0.2) is 9.79 Å². The first kappa shape index (κ1) is 25.3. The number of aromatic nitrogens is 1. The van der Waals surface area contributed by atoms with Crippen molar-refractivity contribution in [2.45, 2.75) is 26.5 Å². The Kier molecular flexibility index (Phi) is 7.35. The van der Waals surface area contributed by atoms with Gasteiger partial charge in [-0.3, -0.25) is 9.36 Å². The molecule has 0 saturated carbocycles. The van der Waals surface area contributed by atoms with E-state index < -0.39 is 18.6 Å². The fraction of sp³-hybridized carbons (Fsp3) is 0.269. The lowest BCUT2D eigenvalue weighted by atomic mass is 9.95. The van der Waals surface area contributed by atoms with Gasteiger partial charge in [-0.1, -0.05) is 35.6 Å². The molecule has 2 heterocycles. The summed E-state index contributed by atoms with van der Waals surface area (Å²) >= 11 is 1.19. The first-order valence-electron chi connectivity index (χ1n) is 11.2. The third kappa shape index (κ3) is 5.08. The predicted molar refractivity (Wildman–Crippen MR) is 134 cm³/mol. The molecule has 2 aromatic carbocycles. The van der Waals surface area contributed by atoms with Crippen LogP contribution in [0.5, 0.6) is 5.75 Å². The van der Waals surface area contributed by atoms with Crippen molar-refractivity contribution in [2.24, 2.45) is 4.99 Å². The number of esters is 1. The highest BCUT2D eigenvalue weighted by Gasteiger charge is 2.33. The Hall–Kier alpha value is -3.79. The SMILES string of the molecule is CCOC(=O)C1=C(C)N=c2s/c(=C/c3ccc(OC(F)F)cc3)c(=O)n2[C@H]1c1ccc(N(C)C)cc1. The van der Waals surface area contributed by atoms with Gasteiger partial charge in [0.1, 0.15) is 5.75 Å². The summed E-state index contributed by atoms with van der Waals surface area (Å²) in [5.74, 6) is -0.496. The number of alkyl halides is 2. The van der Waals surface area contributed by atoms with E-state index >= 15 is 0 Å². The summed E-state index contributed by atoms with van der Waals surface area (Å²) in [4.78, 5) is 33.5. The molecule has 1 aliphatic rings. The summed E-state index contributed by atoms with van der Waals surface area (Å²) in [5.41, 5.74) is 2.83. The molecule has 36 heavy (non-hydrogen) atoms. The van der Waals surface area contributed by atoms with Crippen molar-refractivity contribution in [3.05, 3.63) is 90.6 Å². The number of hydrogen-bond donors (Lipinski definition) is 0. The molecule has 1 aromatic heterocycles. The van der Waals surface area contributed by atoms with Crippen LogP contribution < -0.4 is 24.5 Å². The number of rotatable bonds is 7. The monoisotopic (exact) mass is 513 g/mol. The Morgan fingerprint density at radius 2 is 1.83 bits per heavy atom. The van der Waals surface area contributed by atoms with Crippen LogP contribution in [0, 0.1) is 0 Å². The lowest BCUT2D eigenvalue weighted by Crippen LogP contribution is -2.39. The first-order chi connectivity index (χ1) is 17.2. The molecule has 0 aliphatic carbocycles. The first-order valence-corrected chi connectivity index (χ1v) is 12.0. The zero-order valence-corrected chi connectivity index (χ0v) is 21.0. The molecule has 1 aliphatic heterocycles. The Labute approximate surface area is 210 Å². The topological polar surface area (TPSA) is 73.1 Å². The van der Waals surface area contributed by atoms with Gasteiger partial charge in [-0.05, 0) is 55.3 Å². The summed E-state index contributed by atoms with van der Waals surface area (Å²) in [7, 11) is 3.86. The fourth-order valence-electron chi connectivity index (χ4n) is 3.96. The number of benzene rings is 2. The number of hydrogen-bond acceptors (Lipinski definition) is 7. The van der Waals surface area contributed by atoms with Gasteiger partial charge >= 0.3 is 12.6 Å². The quantitative estimate of drug-likeness (QED) is 0.453. The van der Waals surface area contributed by atoms with Gasteiger partial charge in [-0.2, -0.15) is 8.78 Å². The summed E-state index contributed by atoms with van der Waals surface area (Å²) in [6.45, 7) is 0.730. The second-order valence-corrected chi connectivity index (χ2v) is 9.24. The van der Waals surface area contributed by atoms with E-state index in [0.29, 0.717) is 26.2 Å². The van der Waals surface area contributed by atoms with Crippen LogP contribution in [0.4, 0.5) is 14.5 Å². The van der Waals surface area contributed by atoms with Crippen molar-refractivity contribution in [2.75, 3.05) is 25.6 Å². The largest absolute Gasteiger partial charge is 0.463 e. The number of halogens is 2. The van der Waals surface area contributed by atoms with Crippen LogP contribution in [0.1, 0.15) is 31.0 Å². The number of nitrogens with zero attached hydrogens (tertiary/aromatic N) is 3. The molecule has 0 spiro atoms. The zero-order chi connectivity index (χ0) is 26.0. The van der Waals surface area contributed by atoms with Crippen LogP contribution >= 0.6 is 11.3 Å². The molecular formula is C26H25F2N3O4S. The van der Waals surface area contributed by atoms with E-state index in [1.165, 1.54) is 28.0 Å². The van der Waals surface area contributed by atoms with E-state index in [1.807, 2.05) is 43.3 Å². The predicted octanol–water partition coefficient (Wildman–Crippen LogP) is 3.47. The number of ether oxygens (including phenoxy) is 2. The normalized spacial score (nSPS) is 15.5. The van der Waals surface area contributed by atoms with E-state index in [4.69, 9.17) is 4.74 Å². The van der Waals surface area contributed by atoms with Gasteiger partial charge in [0.2, 0.25) is 0 Å². The molecule has 1 atom stereocenters. The average Bonchev–Trinajstić information content (AvgIpc) is 3.13. The van der Waals surface area contributed by atoms with Gasteiger partial charge in [0, 0.05) is 19.8 Å². The molecule has 0 saturated heterocycles. The minimum absolute atomic E-state index is 0.0273. The molecule has 0 radical (unpaired) electrons. The van der Waals surface area contributed by atoms with E-state index in [-0.39, 0.29) is 17.9 Å². The van der Waals surface area contributed by atoms with Crippen LogP contribution in [0.2, 0.25) is 0 Å². The second-order valence-electron chi connectivity index (χ2n) is 8.24. The van der Waals surface area contributed by atoms with E-state index in [2.05, 4.69) is 9.73 Å². The summed E-state index contributed by atoms with van der Waals surface area (Å²) in [5, 5.41) is 0. The molecule has 188 valence electrons. The van der Waals surface area contributed by atoms with Gasteiger partial charge in [0.05, 0.1) is 28.5 Å². The molecule has 4 rings (SSSR count). The molecule has 0 amide bonds. The van der Waals surface area contributed by atoms with Crippen LogP contribution in [-0.4, -0.2) is 37.9 Å². The maximum absolute atomic E-state index is 13.6. The third-order valence-electron chi connectivity index (χ3n) is 5.65. The molecule has 0 unspecified atom stereocenters. The van der Waals surface area contributed by atoms with Crippen molar-refractivity contribution in [1.82, 2.24) is 4.57 Å². The Bertz CT molecular complexity index is 1470. The minimum Gasteiger partial charge on any atom is -0.463 e. The van der Waals surface area contributed by atoms with Crippen molar-refractivity contribution in [3.8, 4) is 5.75 Å². The maximum atomic E-state index is 13.6. The zero-order valence-electron chi connectivity index (χ0n) is 20.2. The number of thiazole rings is 1. The molecule has 7 nitrogen and oxygen atoms in total. The van der Waals surface area contributed by atoms with Gasteiger partial charge in [-0.15, -0.1) is 0 Å². The average molecular weight is 514 g/mol. The maximum Gasteiger partial charge on any atom is 0.387 e. The van der Waals surface area contributed by atoms with E-state index in [9.17, 15) is 18.4 Å². The van der Waals surface area contributed by atoms with Crippen molar-refractivity contribution in [3.63, 3.8) is 0 Å². The summed E-state index contributed by atoms with van der Waals surface area (Å²) in [6.07, 6.45) is 1.66. The second kappa shape index (κ2) is 10.4. The number of fused-ring (bicyclic) bond motifs is 1. The van der Waals surface area contributed by atoms with Crippen LogP contribution in [0.25, 0.3) is 6.08 Å². The highest BCUT2D eigenvalue weighted by Crippen LogP contribution is 2.31. The molecule has 10 heteroatoms. The Balaban J connectivity index is 1.85. The number of carbonyl (C=O) groups is 1. The minimum atomic E-state index is -2.91. The van der Waals surface area contributed by atoms with Crippen LogP contribution in [0.15, 0.2) is 69.6 Å². The Morgan fingerprint density at radius 1 is 1.17 bits per heavy atom. The third-order valence-corrected chi connectivity index (χ3v) is 6.63. The standard InChI is InChI=1S/C26H25F2N3O4S/c1-5-34-24(33)21-15(2)29-26-31(22(21)17-8-10-18(11-9-17)30(3)4)23(32)20(36-26)14-16-6-12-19(13-7-16)35-25(27)28/h6-14,22,25H,5H2,1-4H3/b20-14+/t22-/m0/s1. The highest BCUT2D eigenvalue weighted by molar-refractivity contribution is 7.07. The van der Waals surface area contributed by atoms with Gasteiger partial charge < -0.3 is 14.4 Å². The van der Waals surface area contributed by atoms with E-state index in [1.54, 1.807) is 32.1 Å². The van der Waals surface area contributed by atoms with Crippen LogP contribution in [-0.2, 0) is 9.53 Å². The molecule has 0 N–H and O–H groups in total. The fourth-order valence-corrected chi connectivity index (χ4v) is 5.01. The lowest BCUT2D eigenvalue weighted by molar-refractivity contribution is -0.139. The summed E-state index contributed by atoms with van der Waals surface area (Å²) < 4.78 is 36.5. The molecule has 3 aromatic rings. The Morgan fingerprint density at radius 3 is 2.42 bits per heavy atom. The van der Waals surface area contributed by atoms with Crippen molar-refractivity contribution in [1.29, 1.82) is 0 Å². The number of allylic oxidation sites excluding steroid dienone is 1. The smallest absolute Gasteiger partial charge is 0.387 e. The van der Waals surface area contributed by atoms with Crippen molar-refractivity contribution >= 4 is 29.1 Å². The number of anilines is 1.